The van der Waals surface area contributed by atoms with E-state index in [9.17, 15) is 18.0 Å². The van der Waals surface area contributed by atoms with Gasteiger partial charge in [0.05, 0.1) is 10.4 Å². The summed E-state index contributed by atoms with van der Waals surface area (Å²) in [7, 11) is -3.66. The highest BCUT2D eigenvalue weighted by molar-refractivity contribution is 7.89. The van der Waals surface area contributed by atoms with E-state index in [0.717, 1.165) is 31.2 Å². The van der Waals surface area contributed by atoms with Crippen LogP contribution in [-0.2, 0) is 27.8 Å². The van der Waals surface area contributed by atoms with E-state index >= 15 is 0 Å². The number of carbonyl (C=O) groups excluding carboxylic acids is 1. The second-order valence-corrected chi connectivity index (χ2v) is 10.3. The third-order valence-corrected chi connectivity index (χ3v) is 8.14. The molecule has 33 heavy (non-hydrogen) atoms. The summed E-state index contributed by atoms with van der Waals surface area (Å²) in [6.45, 7) is 4.25. The lowest BCUT2D eigenvalue weighted by molar-refractivity contribution is -0.116. The van der Waals surface area contributed by atoms with Crippen LogP contribution in [-0.4, -0.2) is 40.8 Å². The molecule has 1 aliphatic heterocycles. The maximum absolute atomic E-state index is 13.2. The fourth-order valence-corrected chi connectivity index (χ4v) is 5.96. The molecule has 8 nitrogen and oxygen atoms in total. The minimum absolute atomic E-state index is 0.0541. The van der Waals surface area contributed by atoms with Crippen molar-refractivity contribution >= 4 is 32.5 Å². The third-order valence-electron chi connectivity index (χ3n) is 6.13. The van der Waals surface area contributed by atoms with Crippen molar-refractivity contribution in [2.75, 3.05) is 11.9 Å². The predicted octanol–water partition coefficient (Wildman–Crippen LogP) is 3.16. The number of nitrogens with zero attached hydrogens (tertiary/aromatic N) is 3. The van der Waals surface area contributed by atoms with Crippen molar-refractivity contribution in [3.8, 4) is 0 Å². The SMILES string of the molecule is CCc1ccc(NC(=O)Cn2c(=O)ncc3cc(S(=O)(=O)N4CCCC[C@H]4C)ccc32)cc1. The van der Waals surface area contributed by atoms with E-state index < -0.39 is 15.7 Å². The second-order valence-electron chi connectivity index (χ2n) is 8.41. The number of amides is 1. The maximum atomic E-state index is 13.2. The number of sulfonamides is 1. The second kappa shape index (κ2) is 9.44. The number of rotatable bonds is 6. The summed E-state index contributed by atoms with van der Waals surface area (Å²) in [5.74, 6) is -0.366. The topological polar surface area (TPSA) is 101 Å². The van der Waals surface area contributed by atoms with Crippen LogP contribution in [0.1, 0.15) is 38.7 Å². The van der Waals surface area contributed by atoms with Crippen LogP contribution in [0.5, 0.6) is 0 Å². The van der Waals surface area contributed by atoms with E-state index in [0.29, 0.717) is 23.1 Å². The number of hydrogen-bond donors (Lipinski definition) is 1. The molecule has 1 fully saturated rings. The molecule has 174 valence electrons. The van der Waals surface area contributed by atoms with Crippen molar-refractivity contribution in [2.24, 2.45) is 0 Å². The predicted molar refractivity (Wildman–Crippen MR) is 128 cm³/mol. The van der Waals surface area contributed by atoms with Crippen LogP contribution in [0.3, 0.4) is 0 Å². The molecule has 4 rings (SSSR count). The summed E-state index contributed by atoms with van der Waals surface area (Å²) in [6, 6.07) is 12.1. The zero-order valence-corrected chi connectivity index (χ0v) is 19.6. The van der Waals surface area contributed by atoms with Crippen molar-refractivity contribution in [2.45, 2.75) is 57.0 Å². The maximum Gasteiger partial charge on any atom is 0.348 e. The zero-order chi connectivity index (χ0) is 23.6. The van der Waals surface area contributed by atoms with E-state index in [1.807, 2.05) is 31.2 Å². The highest BCUT2D eigenvalue weighted by Crippen LogP contribution is 2.27. The average Bonchev–Trinajstić information content (AvgIpc) is 2.81. The van der Waals surface area contributed by atoms with Gasteiger partial charge >= 0.3 is 5.69 Å². The molecule has 9 heteroatoms. The molecule has 0 saturated carbocycles. The zero-order valence-electron chi connectivity index (χ0n) is 18.8. The molecule has 3 aromatic rings. The lowest BCUT2D eigenvalue weighted by Crippen LogP contribution is -2.41. The number of hydrogen-bond acceptors (Lipinski definition) is 5. The molecule has 1 aromatic heterocycles. The van der Waals surface area contributed by atoms with Crippen molar-refractivity contribution in [3.05, 3.63) is 64.7 Å². The van der Waals surface area contributed by atoms with Gasteiger partial charge < -0.3 is 5.32 Å². The summed E-state index contributed by atoms with van der Waals surface area (Å²) in [6.07, 6.45) is 4.96. The molecular weight excluding hydrogens is 440 g/mol. The van der Waals surface area contributed by atoms with Crippen molar-refractivity contribution in [1.29, 1.82) is 0 Å². The van der Waals surface area contributed by atoms with Crippen LogP contribution in [0.15, 0.2) is 58.4 Å². The van der Waals surface area contributed by atoms with Gasteiger partial charge in [-0.25, -0.2) is 18.2 Å². The molecule has 2 aromatic carbocycles. The number of anilines is 1. The Morgan fingerprint density at radius 2 is 1.91 bits per heavy atom. The Morgan fingerprint density at radius 1 is 1.15 bits per heavy atom. The van der Waals surface area contributed by atoms with E-state index in [4.69, 9.17) is 0 Å². The van der Waals surface area contributed by atoms with Crippen LogP contribution in [0.4, 0.5) is 5.69 Å². The molecule has 0 unspecified atom stereocenters. The molecule has 1 aliphatic rings. The summed E-state index contributed by atoms with van der Waals surface area (Å²) >= 11 is 0. The fourth-order valence-electron chi connectivity index (χ4n) is 4.22. The van der Waals surface area contributed by atoms with Gasteiger partial charge in [-0.3, -0.25) is 9.36 Å². The number of piperidine rings is 1. The first-order valence-electron chi connectivity index (χ1n) is 11.2. The average molecular weight is 469 g/mol. The Morgan fingerprint density at radius 3 is 2.61 bits per heavy atom. The van der Waals surface area contributed by atoms with Gasteiger partial charge in [-0.15, -0.1) is 0 Å². The lowest BCUT2D eigenvalue weighted by Gasteiger charge is -2.32. The van der Waals surface area contributed by atoms with Gasteiger partial charge in [0.25, 0.3) is 0 Å². The highest BCUT2D eigenvalue weighted by Gasteiger charge is 2.31. The van der Waals surface area contributed by atoms with Crippen LogP contribution < -0.4 is 11.0 Å². The smallest absolute Gasteiger partial charge is 0.325 e. The molecule has 1 saturated heterocycles. The minimum Gasteiger partial charge on any atom is -0.325 e. The molecule has 1 atom stereocenters. The first-order valence-corrected chi connectivity index (χ1v) is 12.6. The molecule has 1 amide bonds. The Kier molecular flexibility index (Phi) is 6.62. The minimum atomic E-state index is -3.66. The van der Waals surface area contributed by atoms with Crippen LogP contribution >= 0.6 is 0 Å². The standard InChI is InChI=1S/C24H28N4O4S/c1-3-18-7-9-20(10-8-18)26-23(29)16-27-22-12-11-21(14-19(22)15-25-24(27)30)33(31,32)28-13-5-4-6-17(28)2/h7-12,14-15,17H,3-6,13,16H2,1-2H3,(H,26,29)/t17-/m1/s1. The lowest BCUT2D eigenvalue weighted by atomic mass is 10.1. The number of fused-ring (bicyclic) bond motifs is 1. The van der Waals surface area contributed by atoms with Gasteiger partial charge in [-0.1, -0.05) is 25.5 Å². The van der Waals surface area contributed by atoms with Crippen LogP contribution in [0, 0.1) is 0 Å². The monoisotopic (exact) mass is 468 g/mol. The van der Waals surface area contributed by atoms with Crippen LogP contribution in [0.2, 0.25) is 0 Å². The van der Waals surface area contributed by atoms with Gasteiger partial charge in [-0.2, -0.15) is 4.31 Å². The summed E-state index contributed by atoms with van der Waals surface area (Å²) in [5, 5.41) is 3.27. The van der Waals surface area contributed by atoms with Gasteiger partial charge in [0.1, 0.15) is 6.54 Å². The summed E-state index contributed by atoms with van der Waals surface area (Å²) < 4.78 is 29.2. The van der Waals surface area contributed by atoms with E-state index in [1.54, 1.807) is 10.4 Å². The molecule has 0 aliphatic carbocycles. The molecular formula is C24H28N4O4S. The summed E-state index contributed by atoms with van der Waals surface area (Å²) in [4.78, 5) is 29.0. The largest absolute Gasteiger partial charge is 0.348 e. The van der Waals surface area contributed by atoms with E-state index in [-0.39, 0.29) is 23.4 Å². The Labute approximate surface area is 193 Å². The first-order chi connectivity index (χ1) is 15.8. The number of aryl methyl sites for hydroxylation is 1. The van der Waals surface area contributed by atoms with Gasteiger partial charge in [-0.05, 0) is 62.1 Å². The van der Waals surface area contributed by atoms with Crippen molar-refractivity contribution < 1.29 is 13.2 Å². The Balaban J connectivity index is 1.61. The number of aromatic nitrogens is 2. The molecule has 0 bridgehead atoms. The summed E-state index contributed by atoms with van der Waals surface area (Å²) in [5.41, 5.74) is 1.69. The Bertz CT molecular complexity index is 1330. The molecule has 0 spiro atoms. The van der Waals surface area contributed by atoms with Crippen molar-refractivity contribution in [1.82, 2.24) is 13.9 Å². The van der Waals surface area contributed by atoms with Gasteiger partial charge in [0.15, 0.2) is 0 Å². The number of carbonyl (C=O) groups is 1. The molecule has 2 heterocycles. The number of benzene rings is 2. The van der Waals surface area contributed by atoms with E-state index in [2.05, 4.69) is 17.2 Å². The first kappa shape index (κ1) is 23.1. The third kappa shape index (κ3) is 4.84. The molecule has 1 N–H and O–H groups in total. The Hall–Kier alpha value is -3.04. The molecule has 0 radical (unpaired) electrons. The van der Waals surface area contributed by atoms with E-state index in [1.165, 1.54) is 22.9 Å². The number of nitrogens with one attached hydrogen (secondary N) is 1. The highest BCUT2D eigenvalue weighted by atomic mass is 32.2. The van der Waals surface area contributed by atoms with Gasteiger partial charge in [0, 0.05) is 29.9 Å². The quantitative estimate of drug-likeness (QED) is 0.599. The van der Waals surface area contributed by atoms with Gasteiger partial charge in [0.2, 0.25) is 15.9 Å². The fraction of sp³-hybridized carbons (Fsp3) is 0.375. The normalized spacial score (nSPS) is 17.2. The van der Waals surface area contributed by atoms with Crippen molar-refractivity contribution in [3.63, 3.8) is 0 Å². The van der Waals surface area contributed by atoms with Crippen LogP contribution in [0.25, 0.3) is 10.9 Å².